The Morgan fingerprint density at radius 1 is 1.10 bits per heavy atom. The molecule has 1 heterocycles. The van der Waals surface area contributed by atoms with Crippen LogP contribution in [0.25, 0.3) is 0 Å². The molecule has 1 N–H and O–H groups in total. The van der Waals surface area contributed by atoms with Crippen LogP contribution in [0.1, 0.15) is 16.7 Å². The number of nitrogens with one attached hydrogen (secondary N) is 1. The van der Waals surface area contributed by atoms with E-state index in [4.69, 9.17) is 4.74 Å². The number of hydrogen-bond acceptors (Lipinski definition) is 5. The monoisotopic (exact) mass is 434 g/mol. The molecule has 0 spiro atoms. The minimum atomic E-state index is -3.58. The molecule has 0 bridgehead atoms. The molecule has 29 heavy (non-hydrogen) atoms. The van der Waals surface area contributed by atoms with Crippen molar-refractivity contribution in [2.24, 2.45) is 0 Å². The zero-order valence-electron chi connectivity index (χ0n) is 16.7. The highest BCUT2D eigenvalue weighted by molar-refractivity contribution is 7.99. The second-order valence-electron chi connectivity index (χ2n) is 7.08. The minimum absolute atomic E-state index is 0.153. The number of morpholine rings is 1. The number of ether oxygens (including phenoxy) is 1. The first kappa shape index (κ1) is 21.8. The average molecular weight is 435 g/mol. The van der Waals surface area contributed by atoms with Crippen LogP contribution in [-0.2, 0) is 25.3 Å². The van der Waals surface area contributed by atoms with Gasteiger partial charge in [-0.3, -0.25) is 4.79 Å². The van der Waals surface area contributed by atoms with Gasteiger partial charge in [0.05, 0.1) is 23.9 Å². The first-order valence-electron chi connectivity index (χ1n) is 9.47. The van der Waals surface area contributed by atoms with Crippen LogP contribution in [0.4, 0.5) is 5.69 Å². The molecular formula is C21H26N2O4S2. The zero-order valence-corrected chi connectivity index (χ0v) is 18.3. The summed E-state index contributed by atoms with van der Waals surface area (Å²) >= 11 is 1.53. The highest BCUT2D eigenvalue weighted by atomic mass is 32.2. The van der Waals surface area contributed by atoms with Crippen LogP contribution in [-0.4, -0.2) is 50.7 Å². The van der Waals surface area contributed by atoms with Gasteiger partial charge in [-0.15, -0.1) is 11.8 Å². The lowest BCUT2D eigenvalue weighted by molar-refractivity contribution is -0.113. The van der Waals surface area contributed by atoms with Crippen LogP contribution in [0, 0.1) is 13.8 Å². The topological polar surface area (TPSA) is 75.7 Å². The molecular weight excluding hydrogens is 408 g/mol. The van der Waals surface area contributed by atoms with Crippen LogP contribution in [0.5, 0.6) is 0 Å². The SMILES string of the molecule is Cc1cc(C)cc(CSCC(=O)Nc2cccc(S(=O)(=O)N3CCOCC3)c2)c1. The lowest BCUT2D eigenvalue weighted by Crippen LogP contribution is -2.40. The van der Waals surface area contributed by atoms with Gasteiger partial charge in [-0.2, -0.15) is 4.31 Å². The summed E-state index contributed by atoms with van der Waals surface area (Å²) in [6.45, 7) is 5.60. The van der Waals surface area contributed by atoms with Gasteiger partial charge in [-0.1, -0.05) is 35.4 Å². The van der Waals surface area contributed by atoms with Crippen LogP contribution < -0.4 is 5.32 Å². The Kier molecular flexibility index (Phi) is 7.34. The number of amides is 1. The van der Waals surface area contributed by atoms with Crippen molar-refractivity contribution >= 4 is 33.4 Å². The summed E-state index contributed by atoms with van der Waals surface area (Å²) in [5.74, 6) is 0.898. The number of aryl methyl sites for hydroxylation is 2. The maximum atomic E-state index is 12.8. The summed E-state index contributed by atoms with van der Waals surface area (Å²) in [6, 6.07) is 12.8. The largest absolute Gasteiger partial charge is 0.379 e. The quantitative estimate of drug-likeness (QED) is 0.724. The van der Waals surface area contributed by atoms with Crippen molar-refractivity contribution in [2.45, 2.75) is 24.5 Å². The number of carbonyl (C=O) groups is 1. The Morgan fingerprint density at radius 2 is 1.79 bits per heavy atom. The normalized spacial score (nSPS) is 15.2. The number of rotatable bonds is 7. The van der Waals surface area contributed by atoms with E-state index < -0.39 is 10.0 Å². The molecule has 0 unspecified atom stereocenters. The van der Waals surface area contributed by atoms with Gasteiger partial charge in [-0.05, 0) is 37.6 Å². The van der Waals surface area contributed by atoms with E-state index in [9.17, 15) is 13.2 Å². The highest BCUT2D eigenvalue weighted by Crippen LogP contribution is 2.21. The predicted octanol–water partition coefficient (Wildman–Crippen LogP) is 3.20. The molecule has 0 aromatic heterocycles. The first-order chi connectivity index (χ1) is 13.8. The van der Waals surface area contributed by atoms with E-state index in [2.05, 4.69) is 37.4 Å². The van der Waals surface area contributed by atoms with Gasteiger partial charge in [0, 0.05) is 24.5 Å². The highest BCUT2D eigenvalue weighted by Gasteiger charge is 2.26. The molecule has 156 valence electrons. The molecule has 3 rings (SSSR count). The molecule has 1 fully saturated rings. The van der Waals surface area contributed by atoms with Crippen molar-refractivity contribution < 1.29 is 17.9 Å². The summed E-state index contributed by atoms with van der Waals surface area (Å²) in [4.78, 5) is 12.5. The van der Waals surface area contributed by atoms with Gasteiger partial charge < -0.3 is 10.1 Å². The fourth-order valence-electron chi connectivity index (χ4n) is 3.28. The van der Waals surface area contributed by atoms with E-state index in [-0.39, 0.29) is 10.8 Å². The van der Waals surface area contributed by atoms with Crippen LogP contribution in [0.2, 0.25) is 0 Å². The zero-order chi connectivity index (χ0) is 20.9. The molecule has 0 aliphatic carbocycles. The standard InChI is InChI=1S/C21H26N2O4S2/c1-16-10-17(2)12-18(11-16)14-28-15-21(24)22-19-4-3-5-20(13-19)29(25,26)23-6-8-27-9-7-23/h3-5,10-13H,6-9,14-15H2,1-2H3,(H,22,24). The summed E-state index contributed by atoms with van der Waals surface area (Å²) in [5, 5.41) is 2.80. The van der Waals surface area contributed by atoms with Gasteiger partial charge >= 0.3 is 0 Å². The number of thioether (sulfide) groups is 1. The van der Waals surface area contributed by atoms with E-state index in [1.165, 1.54) is 38.8 Å². The fourth-order valence-corrected chi connectivity index (χ4v) is 5.50. The molecule has 6 nitrogen and oxygen atoms in total. The third-order valence-electron chi connectivity index (χ3n) is 4.51. The Balaban J connectivity index is 1.57. The molecule has 1 amide bonds. The van der Waals surface area contributed by atoms with Crippen molar-refractivity contribution in [3.05, 3.63) is 59.2 Å². The average Bonchev–Trinajstić information content (AvgIpc) is 2.68. The van der Waals surface area contributed by atoms with Crippen molar-refractivity contribution in [1.82, 2.24) is 4.31 Å². The molecule has 8 heteroatoms. The fraction of sp³-hybridized carbons (Fsp3) is 0.381. The van der Waals surface area contributed by atoms with Crippen molar-refractivity contribution in [2.75, 3.05) is 37.4 Å². The third kappa shape index (κ3) is 6.05. The predicted molar refractivity (Wildman–Crippen MR) is 117 cm³/mol. The van der Waals surface area contributed by atoms with Gasteiger partial charge in [-0.25, -0.2) is 8.42 Å². The molecule has 1 aliphatic heterocycles. The Bertz CT molecular complexity index is 950. The number of carbonyl (C=O) groups excluding carboxylic acids is 1. The summed E-state index contributed by atoms with van der Waals surface area (Å²) in [7, 11) is -3.58. The van der Waals surface area contributed by atoms with E-state index >= 15 is 0 Å². The van der Waals surface area contributed by atoms with Crippen LogP contribution >= 0.6 is 11.8 Å². The maximum absolute atomic E-state index is 12.8. The molecule has 0 atom stereocenters. The van der Waals surface area contributed by atoms with E-state index in [1.807, 2.05) is 0 Å². The number of anilines is 1. The number of hydrogen-bond donors (Lipinski definition) is 1. The summed E-state index contributed by atoms with van der Waals surface area (Å²) < 4.78 is 32.2. The minimum Gasteiger partial charge on any atom is -0.379 e. The molecule has 2 aromatic rings. The molecule has 1 saturated heterocycles. The maximum Gasteiger partial charge on any atom is 0.243 e. The second-order valence-corrected chi connectivity index (χ2v) is 10.0. The van der Waals surface area contributed by atoms with Crippen molar-refractivity contribution in [3.63, 3.8) is 0 Å². The van der Waals surface area contributed by atoms with Crippen molar-refractivity contribution in [3.8, 4) is 0 Å². The van der Waals surface area contributed by atoms with E-state index in [0.29, 0.717) is 37.7 Å². The Morgan fingerprint density at radius 3 is 2.48 bits per heavy atom. The van der Waals surface area contributed by atoms with Crippen LogP contribution in [0.3, 0.4) is 0 Å². The Labute approximate surface area is 176 Å². The first-order valence-corrected chi connectivity index (χ1v) is 12.1. The van der Waals surface area contributed by atoms with E-state index in [1.54, 1.807) is 18.2 Å². The van der Waals surface area contributed by atoms with E-state index in [0.717, 1.165) is 5.75 Å². The molecule has 1 aliphatic rings. The number of sulfonamides is 1. The number of nitrogens with zero attached hydrogens (tertiary/aromatic N) is 1. The molecule has 2 aromatic carbocycles. The van der Waals surface area contributed by atoms with Crippen molar-refractivity contribution in [1.29, 1.82) is 0 Å². The number of benzene rings is 2. The van der Waals surface area contributed by atoms with Crippen LogP contribution in [0.15, 0.2) is 47.4 Å². The Hall–Kier alpha value is -1.87. The lowest BCUT2D eigenvalue weighted by Gasteiger charge is -2.26. The summed E-state index contributed by atoms with van der Waals surface area (Å²) in [5.41, 5.74) is 4.10. The van der Waals surface area contributed by atoms with Gasteiger partial charge in [0.25, 0.3) is 0 Å². The molecule has 0 radical (unpaired) electrons. The van der Waals surface area contributed by atoms with Gasteiger partial charge in [0.1, 0.15) is 0 Å². The van der Waals surface area contributed by atoms with Gasteiger partial charge in [0.15, 0.2) is 0 Å². The second kappa shape index (κ2) is 9.75. The lowest BCUT2D eigenvalue weighted by atomic mass is 10.1. The van der Waals surface area contributed by atoms with Gasteiger partial charge in [0.2, 0.25) is 15.9 Å². The third-order valence-corrected chi connectivity index (χ3v) is 7.41. The smallest absolute Gasteiger partial charge is 0.243 e. The molecule has 0 saturated carbocycles. The summed E-state index contributed by atoms with van der Waals surface area (Å²) in [6.07, 6.45) is 0.